The molecule has 0 N–H and O–H groups in total. The van der Waals surface area contributed by atoms with Gasteiger partial charge in [-0.25, -0.2) is 0 Å². The van der Waals surface area contributed by atoms with Crippen molar-refractivity contribution in [1.29, 1.82) is 0 Å². The highest BCUT2D eigenvalue weighted by Crippen LogP contribution is 2.16. The second-order valence-electron chi connectivity index (χ2n) is 4.82. The Morgan fingerprint density at radius 2 is 2.00 bits per heavy atom. The topological polar surface area (TPSA) is 36.0 Å². The van der Waals surface area contributed by atoms with Crippen LogP contribution in [-0.2, 0) is 9.53 Å². The molecular formula is C11H21N3O2. The van der Waals surface area contributed by atoms with Gasteiger partial charge in [0, 0.05) is 39.3 Å². The Balaban J connectivity index is 1.77. The summed E-state index contributed by atoms with van der Waals surface area (Å²) < 4.78 is 5.30. The Labute approximate surface area is 96.9 Å². The molecule has 3 rings (SSSR count). The van der Waals surface area contributed by atoms with Crippen molar-refractivity contribution in [3.63, 3.8) is 0 Å². The van der Waals surface area contributed by atoms with Crippen molar-refractivity contribution in [3.05, 3.63) is 0 Å². The highest BCUT2D eigenvalue weighted by Gasteiger charge is 2.37. The quantitative estimate of drug-likeness (QED) is 0.581. The molecule has 3 heterocycles. The molecule has 0 spiro atoms. The van der Waals surface area contributed by atoms with Crippen molar-refractivity contribution in [2.24, 2.45) is 0 Å². The lowest BCUT2D eigenvalue weighted by Crippen LogP contribution is -2.63. The van der Waals surface area contributed by atoms with Crippen molar-refractivity contribution < 1.29 is 9.53 Å². The molecule has 3 saturated heterocycles. The van der Waals surface area contributed by atoms with Crippen LogP contribution in [0.5, 0.6) is 0 Å². The van der Waals surface area contributed by atoms with Crippen LogP contribution in [-0.4, -0.2) is 86.7 Å². The Kier molecular flexibility index (Phi) is 3.78. The largest absolute Gasteiger partial charge is 0.463 e. The van der Waals surface area contributed by atoms with E-state index in [4.69, 9.17) is 4.74 Å². The fourth-order valence-corrected chi connectivity index (χ4v) is 2.27. The van der Waals surface area contributed by atoms with Gasteiger partial charge in [0.25, 0.3) is 0 Å². The standard InChI is InChI=1S/C11H21N3O2/c1-12(2)7-8-16-11(15)10-9-13-3-5-14(10)6-4-13/h10H,3-9H2,1-2H3. The molecule has 5 heteroatoms. The average Bonchev–Trinajstić information content (AvgIpc) is 2.30. The number of piperazine rings is 3. The highest BCUT2D eigenvalue weighted by molar-refractivity contribution is 5.76. The number of nitrogens with zero attached hydrogens (tertiary/aromatic N) is 3. The summed E-state index contributed by atoms with van der Waals surface area (Å²) in [6.45, 7) is 6.35. The van der Waals surface area contributed by atoms with Crippen molar-refractivity contribution in [1.82, 2.24) is 14.7 Å². The summed E-state index contributed by atoms with van der Waals surface area (Å²) in [5.74, 6) is -0.0498. The normalized spacial score (nSPS) is 33.1. The van der Waals surface area contributed by atoms with E-state index in [9.17, 15) is 4.79 Å². The van der Waals surface area contributed by atoms with Gasteiger partial charge in [-0.2, -0.15) is 0 Å². The van der Waals surface area contributed by atoms with Gasteiger partial charge in [0.1, 0.15) is 12.6 Å². The van der Waals surface area contributed by atoms with Crippen LogP contribution in [0.25, 0.3) is 0 Å². The Morgan fingerprint density at radius 3 is 2.50 bits per heavy atom. The van der Waals surface area contributed by atoms with E-state index < -0.39 is 0 Å². The van der Waals surface area contributed by atoms with Crippen LogP contribution in [0.4, 0.5) is 0 Å². The number of fused-ring (bicyclic) bond motifs is 3. The maximum absolute atomic E-state index is 11.9. The number of carbonyl (C=O) groups excluding carboxylic acids is 1. The number of esters is 1. The van der Waals surface area contributed by atoms with Crippen LogP contribution >= 0.6 is 0 Å². The zero-order valence-electron chi connectivity index (χ0n) is 10.2. The van der Waals surface area contributed by atoms with Crippen molar-refractivity contribution in [2.45, 2.75) is 6.04 Å². The van der Waals surface area contributed by atoms with E-state index in [0.717, 1.165) is 39.3 Å². The molecule has 16 heavy (non-hydrogen) atoms. The van der Waals surface area contributed by atoms with Crippen LogP contribution < -0.4 is 0 Å². The molecule has 2 bridgehead atoms. The van der Waals surface area contributed by atoms with Gasteiger partial charge in [-0.3, -0.25) is 14.6 Å². The summed E-state index contributed by atoms with van der Waals surface area (Å²) in [6.07, 6.45) is 0. The molecule has 0 amide bonds. The van der Waals surface area contributed by atoms with E-state index in [1.807, 2.05) is 19.0 Å². The number of carbonyl (C=O) groups is 1. The summed E-state index contributed by atoms with van der Waals surface area (Å²) >= 11 is 0. The first-order chi connectivity index (χ1) is 7.66. The Morgan fingerprint density at radius 1 is 1.31 bits per heavy atom. The van der Waals surface area contributed by atoms with Crippen molar-refractivity contribution >= 4 is 5.97 Å². The molecule has 0 aromatic carbocycles. The fraction of sp³-hybridized carbons (Fsp3) is 0.909. The minimum Gasteiger partial charge on any atom is -0.463 e. The molecule has 5 nitrogen and oxygen atoms in total. The van der Waals surface area contributed by atoms with Crippen molar-refractivity contribution in [3.8, 4) is 0 Å². The maximum Gasteiger partial charge on any atom is 0.324 e. The van der Waals surface area contributed by atoms with E-state index >= 15 is 0 Å². The first-order valence-corrected chi connectivity index (χ1v) is 5.94. The fourth-order valence-electron chi connectivity index (χ4n) is 2.27. The first-order valence-electron chi connectivity index (χ1n) is 5.94. The minimum absolute atomic E-state index is 0.0235. The monoisotopic (exact) mass is 227 g/mol. The minimum atomic E-state index is -0.0498. The Bertz CT molecular complexity index is 250. The molecule has 3 aliphatic heterocycles. The average molecular weight is 227 g/mol. The zero-order valence-corrected chi connectivity index (χ0v) is 10.2. The molecule has 1 unspecified atom stereocenters. The first kappa shape index (κ1) is 11.8. The molecule has 0 aromatic rings. The zero-order chi connectivity index (χ0) is 11.5. The highest BCUT2D eigenvalue weighted by atomic mass is 16.5. The van der Waals surface area contributed by atoms with Crippen LogP contribution in [0.15, 0.2) is 0 Å². The Hall–Kier alpha value is -0.650. The van der Waals surface area contributed by atoms with Gasteiger partial charge in [-0.15, -0.1) is 0 Å². The molecular weight excluding hydrogens is 206 g/mol. The van der Waals surface area contributed by atoms with Gasteiger partial charge in [-0.1, -0.05) is 0 Å². The second kappa shape index (κ2) is 5.12. The van der Waals surface area contributed by atoms with Crippen LogP contribution in [0.3, 0.4) is 0 Å². The summed E-state index contributed by atoms with van der Waals surface area (Å²) in [5, 5.41) is 0. The lowest BCUT2D eigenvalue weighted by molar-refractivity contribution is -0.155. The van der Waals surface area contributed by atoms with Gasteiger partial charge < -0.3 is 9.64 Å². The van der Waals surface area contributed by atoms with Gasteiger partial charge in [0.2, 0.25) is 0 Å². The van der Waals surface area contributed by atoms with Gasteiger partial charge in [-0.05, 0) is 14.1 Å². The molecule has 3 aliphatic rings. The van der Waals surface area contributed by atoms with E-state index in [1.165, 1.54) is 0 Å². The van der Waals surface area contributed by atoms with Gasteiger partial charge >= 0.3 is 5.97 Å². The predicted molar refractivity (Wildman–Crippen MR) is 61.3 cm³/mol. The van der Waals surface area contributed by atoms with Crippen LogP contribution in [0, 0.1) is 0 Å². The second-order valence-corrected chi connectivity index (χ2v) is 4.82. The van der Waals surface area contributed by atoms with E-state index in [-0.39, 0.29) is 12.0 Å². The molecule has 0 aromatic heterocycles. The lowest BCUT2D eigenvalue weighted by Gasteiger charge is -2.46. The molecule has 92 valence electrons. The number of rotatable bonds is 4. The molecule has 1 atom stereocenters. The summed E-state index contributed by atoms with van der Waals surface area (Å²) in [7, 11) is 3.96. The van der Waals surface area contributed by atoms with Crippen LogP contribution in [0.1, 0.15) is 0 Å². The van der Waals surface area contributed by atoms with Crippen molar-refractivity contribution in [2.75, 3.05) is 60.0 Å². The maximum atomic E-state index is 11.9. The van der Waals surface area contributed by atoms with Gasteiger partial charge in [0.15, 0.2) is 0 Å². The third-order valence-corrected chi connectivity index (χ3v) is 3.33. The number of hydrogen-bond donors (Lipinski definition) is 0. The van der Waals surface area contributed by atoms with E-state index in [1.54, 1.807) is 0 Å². The number of likely N-dealkylation sites (N-methyl/N-ethyl adjacent to an activating group) is 1. The summed E-state index contributed by atoms with van der Waals surface area (Å²) in [6, 6.07) is -0.0235. The lowest BCUT2D eigenvalue weighted by atomic mass is 10.1. The SMILES string of the molecule is CN(C)CCOC(=O)C1CN2CCN1CC2. The number of hydrogen-bond acceptors (Lipinski definition) is 5. The smallest absolute Gasteiger partial charge is 0.324 e. The molecule has 0 radical (unpaired) electrons. The number of ether oxygens (including phenoxy) is 1. The molecule has 3 fully saturated rings. The predicted octanol–water partition coefficient (Wildman–Crippen LogP) is -0.909. The summed E-state index contributed by atoms with van der Waals surface area (Å²) in [5.41, 5.74) is 0. The van der Waals surface area contributed by atoms with Crippen LogP contribution in [0.2, 0.25) is 0 Å². The third kappa shape index (κ3) is 2.72. The summed E-state index contributed by atoms with van der Waals surface area (Å²) in [4.78, 5) is 18.5. The van der Waals surface area contributed by atoms with E-state index in [0.29, 0.717) is 6.61 Å². The van der Waals surface area contributed by atoms with E-state index in [2.05, 4.69) is 9.80 Å². The van der Waals surface area contributed by atoms with Gasteiger partial charge in [0.05, 0.1) is 0 Å². The molecule has 0 aliphatic carbocycles. The third-order valence-electron chi connectivity index (χ3n) is 3.33. The molecule has 0 saturated carbocycles.